The number of likely N-dealkylation sites (tertiary alicyclic amines) is 1. The highest BCUT2D eigenvalue weighted by Crippen LogP contribution is 2.14. The number of hydrogen-bond acceptors (Lipinski definition) is 5. The summed E-state index contributed by atoms with van der Waals surface area (Å²) in [7, 11) is 0. The van der Waals surface area contributed by atoms with Crippen molar-refractivity contribution in [2.24, 2.45) is 0 Å². The SMILES string of the molecule is O=C(O)CCOC1CCN(C(=O)NCc2nccs2)CC1. The van der Waals surface area contributed by atoms with Crippen molar-refractivity contribution in [2.75, 3.05) is 19.7 Å². The highest BCUT2D eigenvalue weighted by Gasteiger charge is 2.23. The van der Waals surface area contributed by atoms with Crippen molar-refractivity contribution in [2.45, 2.75) is 31.9 Å². The van der Waals surface area contributed by atoms with Gasteiger partial charge in [0.15, 0.2) is 0 Å². The van der Waals surface area contributed by atoms with E-state index >= 15 is 0 Å². The lowest BCUT2D eigenvalue weighted by Crippen LogP contribution is -2.45. The van der Waals surface area contributed by atoms with E-state index in [-0.39, 0.29) is 25.2 Å². The van der Waals surface area contributed by atoms with Crippen molar-refractivity contribution in [1.29, 1.82) is 0 Å². The Hall–Kier alpha value is -1.67. The lowest BCUT2D eigenvalue weighted by Gasteiger charge is -2.31. The van der Waals surface area contributed by atoms with E-state index in [4.69, 9.17) is 9.84 Å². The molecule has 0 unspecified atom stereocenters. The second kappa shape index (κ2) is 7.94. The van der Waals surface area contributed by atoms with Gasteiger partial charge in [0.2, 0.25) is 0 Å². The predicted molar refractivity (Wildman–Crippen MR) is 77.1 cm³/mol. The zero-order valence-electron chi connectivity index (χ0n) is 11.7. The quantitative estimate of drug-likeness (QED) is 0.826. The third kappa shape index (κ3) is 5.31. The molecule has 0 aromatic carbocycles. The van der Waals surface area contributed by atoms with Gasteiger partial charge in [-0.3, -0.25) is 4.79 Å². The van der Waals surface area contributed by atoms with E-state index in [0.29, 0.717) is 19.6 Å². The molecule has 2 N–H and O–H groups in total. The van der Waals surface area contributed by atoms with Gasteiger partial charge in [0.25, 0.3) is 0 Å². The molecule has 1 saturated heterocycles. The number of piperidine rings is 1. The third-order valence-corrected chi connectivity index (χ3v) is 4.05. The van der Waals surface area contributed by atoms with Gasteiger partial charge in [0, 0.05) is 24.7 Å². The summed E-state index contributed by atoms with van der Waals surface area (Å²) in [5.74, 6) is -0.853. The van der Waals surface area contributed by atoms with Crippen LogP contribution in [0.2, 0.25) is 0 Å². The number of hydrogen-bond donors (Lipinski definition) is 2. The number of ether oxygens (including phenoxy) is 1. The fourth-order valence-electron chi connectivity index (χ4n) is 2.14. The number of aliphatic carboxylic acids is 1. The number of rotatable bonds is 6. The molecule has 116 valence electrons. The van der Waals surface area contributed by atoms with Crippen LogP contribution in [0, 0.1) is 0 Å². The van der Waals surface area contributed by atoms with Crippen molar-refractivity contribution in [3.05, 3.63) is 16.6 Å². The average Bonchev–Trinajstić information content (AvgIpc) is 2.98. The molecule has 1 aromatic rings. The van der Waals surface area contributed by atoms with Gasteiger partial charge >= 0.3 is 12.0 Å². The molecule has 1 fully saturated rings. The van der Waals surface area contributed by atoms with Gasteiger partial charge in [-0.1, -0.05) is 0 Å². The van der Waals surface area contributed by atoms with Crippen LogP contribution >= 0.6 is 11.3 Å². The molecule has 2 amide bonds. The van der Waals surface area contributed by atoms with E-state index < -0.39 is 5.97 Å². The van der Waals surface area contributed by atoms with Crippen LogP contribution in [0.4, 0.5) is 4.79 Å². The minimum absolute atomic E-state index is 0.0223. The Balaban J connectivity index is 1.63. The van der Waals surface area contributed by atoms with Gasteiger partial charge in [0.05, 0.1) is 25.7 Å². The zero-order chi connectivity index (χ0) is 15.1. The molecule has 0 aliphatic carbocycles. The maximum Gasteiger partial charge on any atom is 0.317 e. The summed E-state index contributed by atoms with van der Waals surface area (Å²) in [5, 5.41) is 14.2. The van der Waals surface area contributed by atoms with E-state index in [2.05, 4.69) is 10.3 Å². The fraction of sp³-hybridized carbons (Fsp3) is 0.615. The molecule has 0 spiro atoms. The molecule has 0 saturated carbocycles. The van der Waals surface area contributed by atoms with Crippen LogP contribution in [0.1, 0.15) is 24.3 Å². The summed E-state index contributed by atoms with van der Waals surface area (Å²) in [6.45, 7) is 1.94. The van der Waals surface area contributed by atoms with E-state index in [1.165, 1.54) is 11.3 Å². The topological polar surface area (TPSA) is 91.8 Å². The monoisotopic (exact) mass is 313 g/mol. The van der Waals surface area contributed by atoms with Crippen molar-refractivity contribution in [1.82, 2.24) is 15.2 Å². The van der Waals surface area contributed by atoms with E-state index in [1.807, 2.05) is 5.38 Å². The summed E-state index contributed by atoms with van der Waals surface area (Å²) >= 11 is 1.51. The number of nitrogens with one attached hydrogen (secondary N) is 1. The Morgan fingerprint density at radius 3 is 2.86 bits per heavy atom. The van der Waals surface area contributed by atoms with Crippen LogP contribution in [-0.4, -0.2) is 52.8 Å². The maximum absolute atomic E-state index is 12.0. The summed E-state index contributed by atoms with van der Waals surface area (Å²) in [6, 6.07) is -0.0887. The van der Waals surface area contributed by atoms with Gasteiger partial charge in [-0.15, -0.1) is 11.3 Å². The first-order valence-electron chi connectivity index (χ1n) is 6.89. The molecule has 0 radical (unpaired) electrons. The molecular formula is C13H19N3O4S. The minimum Gasteiger partial charge on any atom is -0.481 e. The van der Waals surface area contributed by atoms with Gasteiger partial charge in [0.1, 0.15) is 5.01 Å². The molecule has 0 atom stereocenters. The fourth-order valence-corrected chi connectivity index (χ4v) is 2.70. The standard InChI is InChI=1S/C13H19N3O4S/c17-12(18)3-7-20-10-1-5-16(6-2-10)13(19)15-9-11-14-4-8-21-11/h4,8,10H,1-3,5-7,9H2,(H,15,19)(H,17,18). The highest BCUT2D eigenvalue weighted by molar-refractivity contribution is 7.09. The first-order chi connectivity index (χ1) is 10.1. The van der Waals surface area contributed by atoms with Crippen LogP contribution in [0.5, 0.6) is 0 Å². The number of carbonyl (C=O) groups is 2. The predicted octanol–water partition coefficient (Wildman–Crippen LogP) is 1.31. The van der Waals surface area contributed by atoms with Gasteiger partial charge in [-0.2, -0.15) is 0 Å². The summed E-state index contributed by atoms with van der Waals surface area (Å²) in [6.07, 6.45) is 3.27. The molecule has 21 heavy (non-hydrogen) atoms. The van der Waals surface area contributed by atoms with Gasteiger partial charge in [-0.25, -0.2) is 9.78 Å². The molecule has 2 rings (SSSR count). The smallest absolute Gasteiger partial charge is 0.317 e. The van der Waals surface area contributed by atoms with E-state index in [1.54, 1.807) is 11.1 Å². The van der Waals surface area contributed by atoms with Gasteiger partial charge in [-0.05, 0) is 12.8 Å². The minimum atomic E-state index is -0.853. The van der Waals surface area contributed by atoms with E-state index in [9.17, 15) is 9.59 Å². The largest absolute Gasteiger partial charge is 0.481 e. The second-order valence-electron chi connectivity index (χ2n) is 4.79. The number of aromatic nitrogens is 1. The van der Waals surface area contributed by atoms with Crippen LogP contribution in [0.15, 0.2) is 11.6 Å². The maximum atomic E-state index is 12.0. The van der Waals surface area contributed by atoms with Crippen molar-refractivity contribution in [3.63, 3.8) is 0 Å². The Kier molecular flexibility index (Phi) is 5.94. The van der Waals surface area contributed by atoms with Gasteiger partial charge < -0.3 is 20.1 Å². The van der Waals surface area contributed by atoms with Crippen LogP contribution in [0.25, 0.3) is 0 Å². The Bertz CT molecular complexity index is 458. The average molecular weight is 313 g/mol. The number of carboxylic acids is 1. The Labute approximate surface area is 126 Å². The molecule has 0 bridgehead atoms. The normalized spacial score (nSPS) is 15.9. The first kappa shape index (κ1) is 15.7. The number of nitrogens with zero attached hydrogens (tertiary/aromatic N) is 2. The van der Waals surface area contributed by atoms with Crippen molar-refractivity contribution in [3.8, 4) is 0 Å². The van der Waals surface area contributed by atoms with Crippen LogP contribution in [-0.2, 0) is 16.1 Å². The molecule has 7 nitrogen and oxygen atoms in total. The number of carbonyl (C=O) groups excluding carboxylic acids is 1. The Morgan fingerprint density at radius 1 is 1.48 bits per heavy atom. The molecule has 1 aliphatic rings. The summed E-state index contributed by atoms with van der Waals surface area (Å²) in [5.41, 5.74) is 0. The van der Waals surface area contributed by atoms with Crippen LogP contribution < -0.4 is 5.32 Å². The summed E-state index contributed by atoms with van der Waals surface area (Å²) < 4.78 is 5.49. The third-order valence-electron chi connectivity index (χ3n) is 3.27. The summed E-state index contributed by atoms with van der Waals surface area (Å²) in [4.78, 5) is 28.2. The number of thiazole rings is 1. The molecular weight excluding hydrogens is 294 g/mol. The zero-order valence-corrected chi connectivity index (χ0v) is 12.5. The highest BCUT2D eigenvalue weighted by atomic mass is 32.1. The number of urea groups is 1. The first-order valence-corrected chi connectivity index (χ1v) is 7.77. The molecule has 8 heteroatoms. The van der Waals surface area contributed by atoms with Crippen molar-refractivity contribution < 1.29 is 19.4 Å². The molecule has 1 aliphatic heterocycles. The van der Waals surface area contributed by atoms with E-state index in [0.717, 1.165) is 17.8 Å². The lowest BCUT2D eigenvalue weighted by atomic mass is 10.1. The van der Waals surface area contributed by atoms with Crippen LogP contribution in [0.3, 0.4) is 0 Å². The Morgan fingerprint density at radius 2 is 2.24 bits per heavy atom. The second-order valence-corrected chi connectivity index (χ2v) is 5.76. The number of carboxylic acid groups (broad SMARTS) is 1. The lowest BCUT2D eigenvalue weighted by molar-refractivity contribution is -0.138. The number of amides is 2. The van der Waals surface area contributed by atoms with Crippen molar-refractivity contribution >= 4 is 23.3 Å². The molecule has 2 heterocycles. The molecule has 1 aromatic heterocycles.